The Bertz CT molecular complexity index is 310. The molecule has 0 aromatic carbocycles. The number of ether oxygens (including phenoxy) is 1. The number of hydrogen-bond acceptors (Lipinski definition) is 4. The van der Waals surface area contributed by atoms with Crippen molar-refractivity contribution in [2.45, 2.75) is 70.8 Å². The lowest BCUT2D eigenvalue weighted by molar-refractivity contribution is -0.151. The Balaban J connectivity index is 2.47. The first-order valence-corrected chi connectivity index (χ1v) is 8.18. The highest BCUT2D eigenvalue weighted by Gasteiger charge is 2.34. The van der Waals surface area contributed by atoms with Crippen molar-refractivity contribution in [3.05, 3.63) is 0 Å². The van der Waals surface area contributed by atoms with E-state index in [9.17, 15) is 4.79 Å². The second-order valence-electron chi connectivity index (χ2n) is 7.24. The highest BCUT2D eigenvalue weighted by molar-refractivity contribution is 8.00. The second kappa shape index (κ2) is 6.49. The summed E-state index contributed by atoms with van der Waals surface area (Å²) in [6, 6.07) is 0.514. The van der Waals surface area contributed by atoms with Crippen molar-refractivity contribution in [3.63, 3.8) is 0 Å². The van der Waals surface area contributed by atoms with Gasteiger partial charge in [0.2, 0.25) is 0 Å². The largest absolute Gasteiger partial charge is 0.459 e. The minimum Gasteiger partial charge on any atom is -0.459 e. The fourth-order valence-corrected chi connectivity index (χ4v) is 4.06. The van der Waals surface area contributed by atoms with Gasteiger partial charge in [-0.1, -0.05) is 13.8 Å². The number of carbonyl (C=O) groups is 1. The summed E-state index contributed by atoms with van der Waals surface area (Å²) in [5, 5.41) is 3.89. The second-order valence-corrected chi connectivity index (χ2v) is 8.47. The first-order chi connectivity index (χ1) is 8.63. The van der Waals surface area contributed by atoms with E-state index < -0.39 is 0 Å². The summed E-state index contributed by atoms with van der Waals surface area (Å²) in [5.41, 5.74) is 0.00480. The van der Waals surface area contributed by atoms with Gasteiger partial charge in [-0.25, -0.2) is 0 Å². The Labute approximate surface area is 122 Å². The van der Waals surface area contributed by atoms with E-state index in [-0.39, 0.29) is 11.6 Å². The van der Waals surface area contributed by atoms with E-state index in [4.69, 9.17) is 4.74 Å². The van der Waals surface area contributed by atoms with Gasteiger partial charge in [-0.3, -0.25) is 4.79 Å². The maximum atomic E-state index is 11.8. The Hall–Kier alpha value is -0.220. The highest BCUT2D eigenvalue weighted by Crippen LogP contribution is 2.40. The van der Waals surface area contributed by atoms with Gasteiger partial charge in [0.05, 0.1) is 5.75 Å². The molecule has 0 radical (unpaired) electrons. The van der Waals surface area contributed by atoms with Crippen LogP contribution in [0.25, 0.3) is 0 Å². The first-order valence-electron chi connectivity index (χ1n) is 7.14. The Kier molecular flexibility index (Phi) is 5.75. The van der Waals surface area contributed by atoms with Crippen LogP contribution in [0.5, 0.6) is 0 Å². The van der Waals surface area contributed by atoms with Crippen LogP contribution in [0.15, 0.2) is 0 Å². The molecule has 0 spiro atoms. The Morgan fingerprint density at radius 1 is 1.42 bits per heavy atom. The number of hydrogen-bond donors (Lipinski definition) is 1. The quantitative estimate of drug-likeness (QED) is 0.806. The van der Waals surface area contributed by atoms with Crippen molar-refractivity contribution >= 4 is 17.7 Å². The van der Waals surface area contributed by atoms with E-state index >= 15 is 0 Å². The number of rotatable bonds is 4. The standard InChI is InChI=1S/C15H29NO2S/c1-14(2,3)18-13(17)10-19-12-9-15(4,5)8-7-11(12)16-6/h11-12,16H,7-10H2,1-6H3. The van der Waals surface area contributed by atoms with Gasteiger partial charge in [-0.2, -0.15) is 0 Å². The molecule has 19 heavy (non-hydrogen) atoms. The molecule has 1 aliphatic carbocycles. The molecule has 0 aliphatic heterocycles. The summed E-state index contributed by atoms with van der Waals surface area (Å²) in [6.07, 6.45) is 3.60. The summed E-state index contributed by atoms with van der Waals surface area (Å²) < 4.78 is 5.37. The lowest BCUT2D eigenvalue weighted by atomic mass is 9.75. The molecule has 1 N–H and O–H groups in total. The van der Waals surface area contributed by atoms with Crippen LogP contribution in [0.2, 0.25) is 0 Å². The third-order valence-electron chi connectivity index (χ3n) is 3.54. The summed E-state index contributed by atoms with van der Waals surface area (Å²) in [7, 11) is 2.02. The van der Waals surface area contributed by atoms with E-state index in [1.165, 1.54) is 12.8 Å². The van der Waals surface area contributed by atoms with Crippen LogP contribution >= 0.6 is 11.8 Å². The molecule has 0 aromatic heterocycles. The van der Waals surface area contributed by atoms with Crippen LogP contribution < -0.4 is 5.32 Å². The molecule has 0 aromatic rings. The Morgan fingerprint density at radius 3 is 2.58 bits per heavy atom. The fourth-order valence-electron chi connectivity index (χ4n) is 2.57. The SMILES string of the molecule is CNC1CCC(C)(C)CC1SCC(=O)OC(C)(C)C. The van der Waals surface area contributed by atoms with Gasteiger partial charge in [0.15, 0.2) is 0 Å². The van der Waals surface area contributed by atoms with Crippen molar-refractivity contribution in [3.8, 4) is 0 Å². The smallest absolute Gasteiger partial charge is 0.316 e. The molecule has 1 saturated carbocycles. The average molecular weight is 287 g/mol. The molecule has 0 bridgehead atoms. The molecule has 1 rings (SSSR count). The van der Waals surface area contributed by atoms with Gasteiger partial charge in [0, 0.05) is 11.3 Å². The van der Waals surface area contributed by atoms with Crippen molar-refractivity contribution in [1.29, 1.82) is 0 Å². The first kappa shape index (κ1) is 16.8. The number of carbonyl (C=O) groups excluding carboxylic acids is 1. The lowest BCUT2D eigenvalue weighted by Gasteiger charge is -2.40. The predicted octanol–water partition coefficient (Wildman–Crippen LogP) is 3.23. The molecule has 3 nitrogen and oxygen atoms in total. The molecular weight excluding hydrogens is 258 g/mol. The third-order valence-corrected chi connectivity index (χ3v) is 4.87. The molecule has 2 unspecified atom stereocenters. The number of thioether (sulfide) groups is 1. The predicted molar refractivity (Wildman–Crippen MR) is 82.6 cm³/mol. The van der Waals surface area contributed by atoms with Crippen molar-refractivity contribution in [2.24, 2.45) is 5.41 Å². The van der Waals surface area contributed by atoms with Crippen LogP contribution in [0.3, 0.4) is 0 Å². The van der Waals surface area contributed by atoms with E-state index in [1.807, 2.05) is 27.8 Å². The zero-order chi connectivity index (χ0) is 14.7. The molecule has 112 valence electrons. The monoisotopic (exact) mass is 287 g/mol. The van der Waals surface area contributed by atoms with E-state index in [1.54, 1.807) is 11.8 Å². The van der Waals surface area contributed by atoms with Gasteiger partial charge in [0.25, 0.3) is 0 Å². The van der Waals surface area contributed by atoms with Gasteiger partial charge in [0.1, 0.15) is 5.60 Å². The summed E-state index contributed by atoms with van der Waals surface area (Å²) in [4.78, 5) is 11.8. The van der Waals surface area contributed by atoms with Crippen molar-refractivity contribution in [2.75, 3.05) is 12.8 Å². The Morgan fingerprint density at radius 2 is 2.05 bits per heavy atom. The van der Waals surface area contributed by atoms with Crippen LogP contribution in [-0.2, 0) is 9.53 Å². The molecule has 0 heterocycles. The van der Waals surface area contributed by atoms with Gasteiger partial charge < -0.3 is 10.1 Å². The third kappa shape index (κ3) is 6.17. The van der Waals surface area contributed by atoms with Crippen LogP contribution in [0, 0.1) is 5.41 Å². The molecule has 0 amide bonds. The van der Waals surface area contributed by atoms with Crippen molar-refractivity contribution < 1.29 is 9.53 Å². The van der Waals surface area contributed by atoms with Crippen LogP contribution in [-0.4, -0.2) is 35.7 Å². The maximum absolute atomic E-state index is 11.8. The minimum atomic E-state index is -0.383. The molecule has 1 aliphatic rings. The van der Waals surface area contributed by atoms with E-state index in [2.05, 4.69) is 19.2 Å². The molecular formula is C15H29NO2S. The summed E-state index contributed by atoms with van der Waals surface area (Å²) in [5.74, 6) is 0.353. The molecule has 4 heteroatoms. The average Bonchev–Trinajstić information content (AvgIpc) is 2.23. The van der Waals surface area contributed by atoms with Gasteiger partial charge >= 0.3 is 5.97 Å². The lowest BCUT2D eigenvalue weighted by Crippen LogP contribution is -2.43. The topological polar surface area (TPSA) is 38.3 Å². The normalized spacial score (nSPS) is 27.1. The summed E-state index contributed by atoms with van der Waals surface area (Å²) >= 11 is 1.74. The number of esters is 1. The zero-order valence-electron chi connectivity index (χ0n) is 13.2. The fraction of sp³-hybridized carbons (Fsp3) is 0.933. The van der Waals surface area contributed by atoms with E-state index in [0.29, 0.717) is 22.5 Å². The minimum absolute atomic E-state index is 0.101. The highest BCUT2D eigenvalue weighted by atomic mass is 32.2. The van der Waals surface area contributed by atoms with Crippen molar-refractivity contribution in [1.82, 2.24) is 5.32 Å². The van der Waals surface area contributed by atoms with Gasteiger partial charge in [-0.15, -0.1) is 11.8 Å². The van der Waals surface area contributed by atoms with Crippen LogP contribution in [0.1, 0.15) is 53.9 Å². The maximum Gasteiger partial charge on any atom is 0.316 e. The van der Waals surface area contributed by atoms with E-state index in [0.717, 1.165) is 6.42 Å². The summed E-state index contributed by atoms with van der Waals surface area (Å²) in [6.45, 7) is 10.4. The molecule has 0 saturated heterocycles. The zero-order valence-corrected chi connectivity index (χ0v) is 14.0. The van der Waals surface area contributed by atoms with Gasteiger partial charge in [-0.05, 0) is 52.5 Å². The molecule has 1 fully saturated rings. The van der Waals surface area contributed by atoms with Crippen LogP contribution in [0.4, 0.5) is 0 Å². The molecule has 2 atom stereocenters. The number of nitrogens with one attached hydrogen (secondary N) is 1.